The van der Waals surface area contributed by atoms with Gasteiger partial charge in [0.25, 0.3) is 0 Å². The molecule has 0 unspecified atom stereocenters. The number of hydrogen-bond acceptors (Lipinski definition) is 6. The maximum Gasteiger partial charge on any atom is 0.0914 e. The molecular formula is C23H24N6O. The van der Waals surface area contributed by atoms with Crippen molar-refractivity contribution in [2.75, 3.05) is 38.2 Å². The van der Waals surface area contributed by atoms with Crippen LogP contribution < -0.4 is 10.2 Å². The Morgan fingerprint density at radius 1 is 1.03 bits per heavy atom. The van der Waals surface area contributed by atoms with Crippen molar-refractivity contribution in [2.45, 2.75) is 6.61 Å². The molecule has 5 rings (SSSR count). The highest BCUT2D eigenvalue weighted by Crippen LogP contribution is 2.31. The van der Waals surface area contributed by atoms with E-state index in [1.807, 2.05) is 30.6 Å². The third-order valence-corrected chi connectivity index (χ3v) is 5.45. The Labute approximate surface area is 175 Å². The van der Waals surface area contributed by atoms with Crippen LogP contribution in [0.3, 0.4) is 0 Å². The van der Waals surface area contributed by atoms with E-state index in [2.05, 4.69) is 49.7 Å². The monoisotopic (exact) mass is 400 g/mol. The van der Waals surface area contributed by atoms with Gasteiger partial charge in [0.15, 0.2) is 0 Å². The molecule has 0 bridgehead atoms. The lowest BCUT2D eigenvalue weighted by Crippen LogP contribution is -2.43. The molecule has 7 nitrogen and oxygen atoms in total. The predicted octanol–water partition coefficient (Wildman–Crippen LogP) is 3.24. The fourth-order valence-electron chi connectivity index (χ4n) is 3.93. The lowest BCUT2D eigenvalue weighted by Gasteiger charge is -2.29. The Bertz CT molecular complexity index is 1170. The summed E-state index contributed by atoms with van der Waals surface area (Å²) in [5, 5.41) is 10.8. The molecule has 0 amide bonds. The van der Waals surface area contributed by atoms with Crippen molar-refractivity contribution < 1.29 is 4.74 Å². The zero-order valence-electron chi connectivity index (χ0n) is 16.9. The highest BCUT2D eigenvalue weighted by molar-refractivity contribution is 5.84. The number of rotatable bonds is 5. The normalized spacial score (nSPS) is 14.4. The van der Waals surface area contributed by atoms with Crippen LogP contribution in [-0.2, 0) is 11.3 Å². The summed E-state index contributed by atoms with van der Waals surface area (Å²) in [4.78, 5) is 11.9. The van der Waals surface area contributed by atoms with E-state index in [-0.39, 0.29) is 0 Å². The van der Waals surface area contributed by atoms with Crippen LogP contribution in [0, 0.1) is 0 Å². The van der Waals surface area contributed by atoms with Crippen LogP contribution in [-0.4, -0.2) is 53.5 Å². The summed E-state index contributed by atoms with van der Waals surface area (Å²) in [5.74, 6) is 0. The zero-order chi connectivity index (χ0) is 20.3. The first-order valence-electron chi connectivity index (χ1n) is 10.2. The van der Waals surface area contributed by atoms with Gasteiger partial charge in [0, 0.05) is 44.4 Å². The molecule has 30 heavy (non-hydrogen) atoms. The number of aromatic amines is 1. The lowest BCUT2D eigenvalue weighted by molar-refractivity contribution is 0.185. The average molecular weight is 400 g/mol. The molecule has 4 aromatic rings. The number of anilines is 1. The first-order chi connectivity index (χ1) is 14.8. The quantitative estimate of drug-likeness (QED) is 0.535. The standard InChI is InChI=1S/C23H24N6O/c1-30-15-16-3-2-4-17(11-16)23-19(14-26-28-23)20-5-6-21-22(27-20)12-18(13-25-21)29-9-7-24-8-10-29/h2-6,11-14,24H,7-10,15H2,1H3,(H,26,28). The molecule has 1 fully saturated rings. The maximum absolute atomic E-state index is 5.27. The van der Waals surface area contributed by atoms with Crippen molar-refractivity contribution in [3.8, 4) is 22.5 Å². The van der Waals surface area contributed by atoms with Gasteiger partial charge in [-0.2, -0.15) is 5.10 Å². The zero-order valence-corrected chi connectivity index (χ0v) is 16.9. The number of fused-ring (bicyclic) bond motifs is 1. The summed E-state index contributed by atoms with van der Waals surface area (Å²) in [6, 6.07) is 14.4. The number of piperazine rings is 1. The van der Waals surface area contributed by atoms with E-state index in [4.69, 9.17) is 9.72 Å². The van der Waals surface area contributed by atoms with Gasteiger partial charge in [-0.15, -0.1) is 0 Å². The Morgan fingerprint density at radius 3 is 2.80 bits per heavy atom. The number of benzene rings is 1. The molecular weight excluding hydrogens is 376 g/mol. The molecule has 1 aliphatic heterocycles. The fraction of sp³-hybridized carbons (Fsp3) is 0.261. The molecule has 2 N–H and O–H groups in total. The number of aromatic nitrogens is 4. The number of ether oxygens (including phenoxy) is 1. The molecule has 1 aromatic carbocycles. The second-order valence-electron chi connectivity index (χ2n) is 7.46. The topological polar surface area (TPSA) is 79.0 Å². The summed E-state index contributed by atoms with van der Waals surface area (Å²) >= 11 is 0. The van der Waals surface area contributed by atoms with Gasteiger partial charge < -0.3 is 15.0 Å². The third kappa shape index (κ3) is 3.65. The number of nitrogens with zero attached hydrogens (tertiary/aromatic N) is 4. The van der Waals surface area contributed by atoms with Gasteiger partial charge in [-0.1, -0.05) is 18.2 Å². The van der Waals surface area contributed by atoms with E-state index in [0.717, 1.165) is 71.0 Å². The minimum Gasteiger partial charge on any atom is -0.380 e. The van der Waals surface area contributed by atoms with E-state index < -0.39 is 0 Å². The summed E-state index contributed by atoms with van der Waals surface area (Å²) in [5.41, 5.74) is 7.88. The summed E-state index contributed by atoms with van der Waals surface area (Å²) in [6.07, 6.45) is 3.78. The van der Waals surface area contributed by atoms with Crippen LogP contribution in [0.4, 0.5) is 5.69 Å². The lowest BCUT2D eigenvalue weighted by atomic mass is 10.0. The van der Waals surface area contributed by atoms with Crippen LogP contribution in [0.1, 0.15) is 5.56 Å². The fourth-order valence-corrected chi connectivity index (χ4v) is 3.93. The number of H-pyrrole nitrogens is 1. The molecule has 3 aromatic heterocycles. The van der Waals surface area contributed by atoms with E-state index >= 15 is 0 Å². The molecule has 0 saturated carbocycles. The minimum absolute atomic E-state index is 0.575. The summed E-state index contributed by atoms with van der Waals surface area (Å²) in [6.45, 7) is 4.52. The van der Waals surface area contributed by atoms with Gasteiger partial charge in [-0.05, 0) is 29.8 Å². The molecule has 0 radical (unpaired) electrons. The first kappa shape index (κ1) is 18.7. The van der Waals surface area contributed by atoms with Crippen LogP contribution in [0.2, 0.25) is 0 Å². The van der Waals surface area contributed by atoms with Gasteiger partial charge in [0.2, 0.25) is 0 Å². The van der Waals surface area contributed by atoms with Crippen LogP contribution in [0.15, 0.2) is 54.9 Å². The van der Waals surface area contributed by atoms with Gasteiger partial charge in [0.1, 0.15) is 0 Å². The number of hydrogen-bond donors (Lipinski definition) is 2. The van der Waals surface area contributed by atoms with E-state index in [0.29, 0.717) is 6.61 Å². The SMILES string of the molecule is COCc1cccc(-c2[nH]ncc2-c2ccc3ncc(N4CCNCC4)cc3n2)c1. The summed E-state index contributed by atoms with van der Waals surface area (Å²) in [7, 11) is 1.70. The molecule has 7 heteroatoms. The van der Waals surface area contributed by atoms with Crippen molar-refractivity contribution in [1.82, 2.24) is 25.5 Å². The Kier molecular flexibility index (Phi) is 5.13. The predicted molar refractivity (Wildman–Crippen MR) is 118 cm³/mol. The molecule has 0 atom stereocenters. The highest BCUT2D eigenvalue weighted by Gasteiger charge is 2.15. The van der Waals surface area contributed by atoms with Crippen molar-refractivity contribution in [1.29, 1.82) is 0 Å². The largest absolute Gasteiger partial charge is 0.380 e. The molecule has 4 heterocycles. The van der Waals surface area contributed by atoms with Crippen LogP contribution in [0.5, 0.6) is 0 Å². The Balaban J connectivity index is 1.52. The number of pyridine rings is 2. The average Bonchev–Trinajstić information content (AvgIpc) is 3.29. The van der Waals surface area contributed by atoms with Crippen molar-refractivity contribution in [3.63, 3.8) is 0 Å². The smallest absolute Gasteiger partial charge is 0.0914 e. The van der Waals surface area contributed by atoms with Gasteiger partial charge >= 0.3 is 0 Å². The van der Waals surface area contributed by atoms with E-state index in [1.165, 1.54) is 0 Å². The van der Waals surface area contributed by atoms with Gasteiger partial charge in [-0.3, -0.25) is 10.1 Å². The van der Waals surface area contributed by atoms with Crippen LogP contribution >= 0.6 is 0 Å². The maximum atomic E-state index is 5.27. The molecule has 1 aliphatic rings. The minimum atomic E-state index is 0.575. The van der Waals surface area contributed by atoms with Crippen molar-refractivity contribution >= 4 is 16.7 Å². The second-order valence-corrected chi connectivity index (χ2v) is 7.46. The Hall–Kier alpha value is -3.29. The molecule has 0 spiro atoms. The third-order valence-electron chi connectivity index (χ3n) is 5.45. The summed E-state index contributed by atoms with van der Waals surface area (Å²) < 4.78 is 5.27. The molecule has 152 valence electrons. The van der Waals surface area contributed by atoms with Crippen LogP contribution in [0.25, 0.3) is 33.5 Å². The Morgan fingerprint density at radius 2 is 1.93 bits per heavy atom. The van der Waals surface area contributed by atoms with Gasteiger partial charge in [0.05, 0.1) is 47.1 Å². The second kappa shape index (κ2) is 8.22. The number of nitrogens with one attached hydrogen (secondary N) is 2. The van der Waals surface area contributed by atoms with Crippen molar-refractivity contribution in [3.05, 3.63) is 60.4 Å². The highest BCUT2D eigenvalue weighted by atomic mass is 16.5. The molecule has 0 aliphatic carbocycles. The molecule has 1 saturated heterocycles. The van der Waals surface area contributed by atoms with E-state index in [9.17, 15) is 0 Å². The first-order valence-corrected chi connectivity index (χ1v) is 10.2. The van der Waals surface area contributed by atoms with E-state index in [1.54, 1.807) is 7.11 Å². The van der Waals surface area contributed by atoms with Crippen molar-refractivity contribution in [2.24, 2.45) is 0 Å². The van der Waals surface area contributed by atoms with Gasteiger partial charge in [-0.25, -0.2) is 4.98 Å². The number of methoxy groups -OCH3 is 1.